The molecule has 0 bridgehead atoms. The van der Waals surface area contributed by atoms with Crippen LogP contribution >= 0.6 is 0 Å². The number of pyridine rings is 1. The zero-order valence-electron chi connectivity index (χ0n) is 13.6. The van der Waals surface area contributed by atoms with Crippen molar-refractivity contribution >= 4 is 11.7 Å². The molecule has 3 aromatic rings. The molecule has 2 N–H and O–H groups in total. The van der Waals surface area contributed by atoms with Crippen molar-refractivity contribution in [3.05, 3.63) is 58.1 Å². The number of hydrogen-bond donors (Lipinski definition) is 2. The van der Waals surface area contributed by atoms with E-state index in [1.807, 2.05) is 0 Å². The third-order valence-electron chi connectivity index (χ3n) is 4.06. The lowest BCUT2D eigenvalue weighted by atomic mass is 10.1. The molecule has 1 aliphatic rings. The minimum atomic E-state index is -0.410. The zero-order valence-corrected chi connectivity index (χ0v) is 13.6. The Morgan fingerprint density at radius 1 is 1.19 bits per heavy atom. The van der Waals surface area contributed by atoms with Gasteiger partial charge in [-0.05, 0) is 31.0 Å². The number of amides is 1. The molecule has 4 heterocycles. The second kappa shape index (κ2) is 6.36. The Hall–Kier alpha value is -3.62. The number of hydrogen-bond acceptors (Lipinski definition) is 7. The predicted molar refractivity (Wildman–Crippen MR) is 91.8 cm³/mol. The number of nitrogens with zero attached hydrogens (tertiary/aromatic N) is 5. The Labute approximate surface area is 147 Å². The van der Waals surface area contributed by atoms with Crippen LogP contribution in [0.4, 0.5) is 5.82 Å². The van der Waals surface area contributed by atoms with E-state index in [0.717, 1.165) is 0 Å². The highest BCUT2D eigenvalue weighted by Gasteiger charge is 2.29. The molecule has 26 heavy (non-hydrogen) atoms. The lowest BCUT2D eigenvalue weighted by molar-refractivity contribution is 0.0978. The van der Waals surface area contributed by atoms with Gasteiger partial charge in [0.25, 0.3) is 11.5 Å². The molecular formula is C17H14N6O3. The maximum absolute atomic E-state index is 12.8. The highest BCUT2D eigenvalue weighted by molar-refractivity contribution is 6.05. The molecule has 0 radical (unpaired) electrons. The minimum absolute atomic E-state index is 0.0925. The highest BCUT2D eigenvalue weighted by atomic mass is 16.3. The molecule has 0 spiro atoms. The Kier molecular flexibility index (Phi) is 3.88. The quantitative estimate of drug-likeness (QED) is 0.704. The van der Waals surface area contributed by atoms with Gasteiger partial charge < -0.3 is 5.11 Å². The smallest absolute Gasteiger partial charge is 0.279 e. The summed E-state index contributed by atoms with van der Waals surface area (Å²) in [6.07, 6.45) is 2.82. The van der Waals surface area contributed by atoms with Gasteiger partial charge in [-0.25, -0.2) is 10.1 Å². The fourth-order valence-corrected chi connectivity index (χ4v) is 2.84. The van der Waals surface area contributed by atoms with Gasteiger partial charge in [0, 0.05) is 18.8 Å². The van der Waals surface area contributed by atoms with Gasteiger partial charge in [-0.1, -0.05) is 6.07 Å². The van der Waals surface area contributed by atoms with E-state index in [1.165, 1.54) is 17.0 Å². The van der Waals surface area contributed by atoms with E-state index in [-0.39, 0.29) is 17.4 Å². The summed E-state index contributed by atoms with van der Waals surface area (Å²) < 4.78 is 0. The fourth-order valence-electron chi connectivity index (χ4n) is 2.84. The van der Waals surface area contributed by atoms with E-state index in [2.05, 4.69) is 25.1 Å². The first-order valence-electron chi connectivity index (χ1n) is 8.02. The van der Waals surface area contributed by atoms with Crippen molar-refractivity contribution in [3.8, 4) is 17.4 Å². The summed E-state index contributed by atoms with van der Waals surface area (Å²) in [7, 11) is 0. The summed E-state index contributed by atoms with van der Waals surface area (Å²) >= 11 is 0. The van der Waals surface area contributed by atoms with Gasteiger partial charge in [-0.3, -0.25) is 19.5 Å². The number of carbonyl (C=O) groups excluding carboxylic acids is 1. The van der Waals surface area contributed by atoms with Crippen molar-refractivity contribution in [1.29, 1.82) is 0 Å². The number of rotatable bonds is 2. The average Bonchev–Trinajstić information content (AvgIpc) is 2.68. The van der Waals surface area contributed by atoms with Crippen molar-refractivity contribution < 1.29 is 9.90 Å². The number of fused-ring (bicyclic) bond motifs is 1. The SMILES string of the molecule is O=C(c1ccc(=O)[nH]n1)N1CCCc2c(O)nc(-c3ccccn3)nc21. The molecule has 9 nitrogen and oxygen atoms in total. The topological polar surface area (TPSA) is 125 Å². The second-order valence-corrected chi connectivity index (χ2v) is 5.75. The van der Waals surface area contributed by atoms with Crippen LogP contribution in [0.25, 0.3) is 11.5 Å². The fraction of sp³-hybridized carbons (Fsp3) is 0.176. The maximum atomic E-state index is 12.8. The van der Waals surface area contributed by atoms with E-state index in [9.17, 15) is 14.7 Å². The molecule has 0 aliphatic carbocycles. The summed E-state index contributed by atoms with van der Waals surface area (Å²) in [6, 6.07) is 7.87. The number of nitrogens with one attached hydrogen (secondary N) is 1. The van der Waals surface area contributed by atoms with E-state index in [0.29, 0.717) is 36.5 Å². The van der Waals surface area contributed by atoms with Gasteiger partial charge in [0.05, 0.1) is 5.56 Å². The lowest BCUT2D eigenvalue weighted by Gasteiger charge is -2.28. The molecule has 130 valence electrons. The van der Waals surface area contributed by atoms with Crippen LogP contribution in [0.3, 0.4) is 0 Å². The monoisotopic (exact) mass is 350 g/mol. The standard InChI is InChI=1S/C17H14N6O3/c24-13-7-6-12(21-22-13)17(26)23-9-3-4-10-15(23)19-14(20-16(10)25)11-5-1-2-8-18-11/h1-2,5-8H,3-4,9H2,(H,22,24)(H,19,20,25). The molecule has 0 saturated heterocycles. The summed E-state index contributed by atoms with van der Waals surface area (Å²) in [4.78, 5) is 38.2. The number of aromatic amines is 1. The number of aromatic nitrogens is 5. The molecule has 3 aromatic heterocycles. The molecule has 0 aromatic carbocycles. The summed E-state index contributed by atoms with van der Waals surface area (Å²) in [5, 5.41) is 16.4. The first-order valence-corrected chi connectivity index (χ1v) is 8.02. The number of anilines is 1. The van der Waals surface area contributed by atoms with Crippen LogP contribution in [0.1, 0.15) is 22.5 Å². The van der Waals surface area contributed by atoms with Crippen LogP contribution < -0.4 is 10.5 Å². The Morgan fingerprint density at radius 3 is 2.81 bits per heavy atom. The summed E-state index contributed by atoms with van der Waals surface area (Å²) in [5.74, 6) is -0.00627. The van der Waals surface area contributed by atoms with Gasteiger partial charge >= 0.3 is 0 Å². The Balaban J connectivity index is 1.79. The molecule has 0 unspecified atom stereocenters. The first kappa shape index (κ1) is 15.9. The summed E-state index contributed by atoms with van der Waals surface area (Å²) in [5.41, 5.74) is 0.701. The Morgan fingerprint density at radius 2 is 2.08 bits per heavy atom. The minimum Gasteiger partial charge on any atom is -0.493 e. The van der Waals surface area contributed by atoms with Crippen molar-refractivity contribution in [1.82, 2.24) is 25.1 Å². The second-order valence-electron chi connectivity index (χ2n) is 5.75. The molecule has 0 atom stereocenters. The van der Waals surface area contributed by atoms with Gasteiger partial charge in [-0.2, -0.15) is 10.1 Å². The van der Waals surface area contributed by atoms with E-state index < -0.39 is 11.5 Å². The van der Waals surface area contributed by atoms with Gasteiger partial charge in [0.1, 0.15) is 17.2 Å². The lowest BCUT2D eigenvalue weighted by Crippen LogP contribution is -2.37. The predicted octanol–water partition coefficient (Wildman–Crippen LogP) is 0.920. The summed E-state index contributed by atoms with van der Waals surface area (Å²) in [6.45, 7) is 0.421. The Bertz CT molecular complexity index is 1010. The first-order chi connectivity index (χ1) is 12.6. The molecule has 1 amide bonds. The molecule has 1 aliphatic heterocycles. The van der Waals surface area contributed by atoms with Crippen LogP contribution in [0.5, 0.6) is 5.88 Å². The van der Waals surface area contributed by atoms with Gasteiger partial charge in [-0.15, -0.1) is 0 Å². The van der Waals surface area contributed by atoms with E-state index >= 15 is 0 Å². The van der Waals surface area contributed by atoms with Crippen LogP contribution in [-0.4, -0.2) is 42.7 Å². The number of aromatic hydroxyl groups is 1. The third-order valence-corrected chi connectivity index (χ3v) is 4.06. The van der Waals surface area contributed by atoms with Crippen LogP contribution in [-0.2, 0) is 6.42 Å². The number of H-pyrrole nitrogens is 1. The van der Waals surface area contributed by atoms with Crippen LogP contribution in [0.2, 0.25) is 0 Å². The molecule has 4 rings (SSSR count). The van der Waals surface area contributed by atoms with Crippen LogP contribution in [0.15, 0.2) is 41.3 Å². The largest absolute Gasteiger partial charge is 0.493 e. The van der Waals surface area contributed by atoms with Crippen molar-refractivity contribution in [2.45, 2.75) is 12.8 Å². The van der Waals surface area contributed by atoms with Crippen molar-refractivity contribution in [3.63, 3.8) is 0 Å². The molecule has 0 fully saturated rings. The highest BCUT2D eigenvalue weighted by Crippen LogP contribution is 2.33. The van der Waals surface area contributed by atoms with E-state index in [4.69, 9.17) is 0 Å². The molecule has 0 saturated carbocycles. The average molecular weight is 350 g/mol. The molecule has 9 heteroatoms. The van der Waals surface area contributed by atoms with Crippen molar-refractivity contribution in [2.75, 3.05) is 11.4 Å². The van der Waals surface area contributed by atoms with Gasteiger partial charge in [0.2, 0.25) is 5.88 Å². The van der Waals surface area contributed by atoms with E-state index in [1.54, 1.807) is 24.4 Å². The van der Waals surface area contributed by atoms with Gasteiger partial charge in [0.15, 0.2) is 5.82 Å². The van der Waals surface area contributed by atoms with Crippen LogP contribution in [0, 0.1) is 0 Å². The van der Waals surface area contributed by atoms with Crippen molar-refractivity contribution in [2.24, 2.45) is 0 Å². The normalized spacial score (nSPS) is 13.3. The molecular weight excluding hydrogens is 336 g/mol. The zero-order chi connectivity index (χ0) is 18.1. The maximum Gasteiger partial charge on any atom is 0.279 e. The third kappa shape index (κ3) is 2.79. The number of carbonyl (C=O) groups is 1.